The van der Waals surface area contributed by atoms with Crippen LogP contribution in [-0.2, 0) is 0 Å². The molecule has 3 nitrogen and oxygen atoms in total. The quantitative estimate of drug-likeness (QED) is 0.828. The van der Waals surface area contributed by atoms with Crippen LogP contribution >= 0.6 is 0 Å². The number of anilines is 1. The summed E-state index contributed by atoms with van der Waals surface area (Å²) in [5.41, 5.74) is 0.588. The molecule has 1 rings (SSSR count). The van der Waals surface area contributed by atoms with Crippen LogP contribution in [0.15, 0.2) is 18.2 Å². The van der Waals surface area contributed by atoms with Gasteiger partial charge in [0.2, 0.25) is 0 Å². The number of amides is 1. The summed E-state index contributed by atoms with van der Waals surface area (Å²) in [6.07, 6.45) is 1.00. The molecule has 1 aromatic carbocycles. The molecule has 0 saturated carbocycles. The van der Waals surface area contributed by atoms with Crippen LogP contribution < -0.4 is 10.6 Å². The standard InChI is InChI=1S/C13H19FN2O/c1-4-9(2)8-16-13(17)10-6-5-7-11(14)12(10)15-3/h5-7,9,15H,4,8H2,1-3H3,(H,16,17). The lowest BCUT2D eigenvalue weighted by molar-refractivity contribution is 0.0948. The maximum absolute atomic E-state index is 13.4. The Morgan fingerprint density at radius 1 is 1.47 bits per heavy atom. The van der Waals surface area contributed by atoms with Crippen LogP contribution in [0.25, 0.3) is 0 Å². The molecular formula is C13H19FN2O. The van der Waals surface area contributed by atoms with Crippen LogP contribution in [0.2, 0.25) is 0 Å². The number of carbonyl (C=O) groups is 1. The van der Waals surface area contributed by atoms with Gasteiger partial charge in [0.25, 0.3) is 5.91 Å². The fourth-order valence-electron chi connectivity index (χ4n) is 1.47. The minimum atomic E-state index is -0.413. The molecule has 0 heterocycles. The SMILES string of the molecule is CCC(C)CNC(=O)c1cccc(F)c1NC. The lowest BCUT2D eigenvalue weighted by Gasteiger charge is -2.13. The van der Waals surface area contributed by atoms with Gasteiger partial charge in [-0.25, -0.2) is 4.39 Å². The molecule has 94 valence electrons. The minimum absolute atomic E-state index is 0.242. The summed E-state index contributed by atoms with van der Waals surface area (Å²) >= 11 is 0. The van der Waals surface area contributed by atoms with E-state index in [1.807, 2.05) is 0 Å². The number of halogens is 1. The zero-order valence-corrected chi connectivity index (χ0v) is 10.5. The Balaban J connectivity index is 2.78. The number of rotatable bonds is 5. The molecule has 0 fully saturated rings. The van der Waals surface area contributed by atoms with E-state index in [0.717, 1.165) is 6.42 Å². The lowest BCUT2D eigenvalue weighted by Crippen LogP contribution is -2.28. The molecular weight excluding hydrogens is 219 g/mol. The highest BCUT2D eigenvalue weighted by Gasteiger charge is 2.14. The molecule has 4 heteroatoms. The van der Waals surface area contributed by atoms with Crippen molar-refractivity contribution in [2.75, 3.05) is 18.9 Å². The van der Waals surface area contributed by atoms with Gasteiger partial charge in [0.05, 0.1) is 11.3 Å². The molecule has 1 unspecified atom stereocenters. The first-order valence-electron chi connectivity index (χ1n) is 5.84. The van der Waals surface area contributed by atoms with E-state index in [0.29, 0.717) is 18.0 Å². The number of nitrogens with one attached hydrogen (secondary N) is 2. The van der Waals surface area contributed by atoms with Gasteiger partial charge in [0.15, 0.2) is 0 Å². The molecule has 0 aliphatic carbocycles. The van der Waals surface area contributed by atoms with Gasteiger partial charge in [-0.1, -0.05) is 26.3 Å². The summed E-state index contributed by atoms with van der Waals surface area (Å²) in [7, 11) is 1.60. The minimum Gasteiger partial charge on any atom is -0.385 e. The Bertz CT molecular complexity index is 393. The Morgan fingerprint density at radius 2 is 2.18 bits per heavy atom. The maximum atomic E-state index is 13.4. The molecule has 0 aliphatic rings. The summed E-state index contributed by atoms with van der Waals surface area (Å²) in [4.78, 5) is 11.9. The molecule has 1 amide bonds. The number of para-hydroxylation sites is 1. The van der Waals surface area contributed by atoms with Gasteiger partial charge < -0.3 is 10.6 Å². The van der Waals surface area contributed by atoms with Crippen LogP contribution in [0.4, 0.5) is 10.1 Å². The van der Waals surface area contributed by atoms with E-state index < -0.39 is 5.82 Å². The molecule has 1 atom stereocenters. The summed E-state index contributed by atoms with van der Waals surface area (Å²) in [5, 5.41) is 5.52. The van der Waals surface area contributed by atoms with Crippen molar-refractivity contribution in [2.24, 2.45) is 5.92 Å². The third-order valence-electron chi connectivity index (χ3n) is 2.82. The number of benzene rings is 1. The highest BCUT2D eigenvalue weighted by Crippen LogP contribution is 2.19. The predicted octanol–water partition coefficient (Wildman–Crippen LogP) is 2.64. The number of carbonyl (C=O) groups excluding carboxylic acids is 1. The Kier molecular flexibility index (Phi) is 4.94. The monoisotopic (exact) mass is 238 g/mol. The molecule has 0 spiro atoms. The zero-order chi connectivity index (χ0) is 12.8. The Hall–Kier alpha value is -1.58. The largest absolute Gasteiger partial charge is 0.385 e. The average molecular weight is 238 g/mol. The van der Waals surface area contributed by atoms with Gasteiger partial charge in [-0.2, -0.15) is 0 Å². The second-order valence-electron chi connectivity index (χ2n) is 4.14. The van der Waals surface area contributed by atoms with Crippen molar-refractivity contribution in [1.29, 1.82) is 0 Å². The van der Waals surface area contributed by atoms with Crippen LogP contribution in [0.1, 0.15) is 30.6 Å². The summed E-state index contributed by atoms with van der Waals surface area (Å²) < 4.78 is 13.4. The van der Waals surface area contributed by atoms with Crippen molar-refractivity contribution in [2.45, 2.75) is 20.3 Å². The molecule has 17 heavy (non-hydrogen) atoms. The van der Waals surface area contributed by atoms with Crippen LogP contribution in [-0.4, -0.2) is 19.5 Å². The zero-order valence-electron chi connectivity index (χ0n) is 10.5. The fourth-order valence-corrected chi connectivity index (χ4v) is 1.47. The van der Waals surface area contributed by atoms with E-state index in [2.05, 4.69) is 24.5 Å². The highest BCUT2D eigenvalue weighted by molar-refractivity contribution is 5.99. The molecule has 0 bridgehead atoms. The summed E-state index contributed by atoms with van der Waals surface area (Å²) in [6.45, 7) is 4.73. The first kappa shape index (κ1) is 13.5. The smallest absolute Gasteiger partial charge is 0.253 e. The van der Waals surface area contributed by atoms with E-state index in [1.54, 1.807) is 13.1 Å². The second-order valence-corrected chi connectivity index (χ2v) is 4.14. The third-order valence-corrected chi connectivity index (χ3v) is 2.82. The second kappa shape index (κ2) is 6.23. The van der Waals surface area contributed by atoms with Crippen LogP contribution in [0, 0.1) is 11.7 Å². The van der Waals surface area contributed by atoms with Crippen molar-refractivity contribution in [3.63, 3.8) is 0 Å². The Labute approximate surface area is 101 Å². The van der Waals surface area contributed by atoms with Crippen molar-refractivity contribution < 1.29 is 9.18 Å². The topological polar surface area (TPSA) is 41.1 Å². The fraction of sp³-hybridized carbons (Fsp3) is 0.462. The van der Waals surface area contributed by atoms with Crippen molar-refractivity contribution in [3.8, 4) is 0 Å². The number of hydrogen-bond acceptors (Lipinski definition) is 2. The average Bonchev–Trinajstić information content (AvgIpc) is 2.35. The normalized spacial score (nSPS) is 12.0. The lowest BCUT2D eigenvalue weighted by atomic mass is 10.1. The molecule has 0 saturated heterocycles. The van der Waals surface area contributed by atoms with E-state index in [1.165, 1.54) is 12.1 Å². The molecule has 1 aromatic rings. The molecule has 0 aliphatic heterocycles. The third kappa shape index (κ3) is 3.44. The first-order chi connectivity index (χ1) is 8.10. The summed E-state index contributed by atoms with van der Waals surface area (Å²) in [6, 6.07) is 4.48. The number of hydrogen-bond donors (Lipinski definition) is 2. The van der Waals surface area contributed by atoms with Crippen LogP contribution in [0.3, 0.4) is 0 Å². The van der Waals surface area contributed by atoms with Gasteiger partial charge in [0, 0.05) is 13.6 Å². The van der Waals surface area contributed by atoms with Gasteiger partial charge in [-0.3, -0.25) is 4.79 Å². The predicted molar refractivity (Wildman–Crippen MR) is 67.7 cm³/mol. The van der Waals surface area contributed by atoms with E-state index in [4.69, 9.17) is 0 Å². The summed E-state index contributed by atoms with van der Waals surface area (Å²) in [5.74, 6) is -0.233. The molecule has 0 radical (unpaired) electrons. The van der Waals surface area contributed by atoms with E-state index >= 15 is 0 Å². The Morgan fingerprint density at radius 3 is 2.76 bits per heavy atom. The van der Waals surface area contributed by atoms with Crippen molar-refractivity contribution in [1.82, 2.24) is 5.32 Å². The van der Waals surface area contributed by atoms with Gasteiger partial charge in [0.1, 0.15) is 5.82 Å². The van der Waals surface area contributed by atoms with Crippen molar-refractivity contribution >= 4 is 11.6 Å². The molecule has 0 aromatic heterocycles. The van der Waals surface area contributed by atoms with E-state index in [9.17, 15) is 9.18 Å². The van der Waals surface area contributed by atoms with E-state index in [-0.39, 0.29) is 11.6 Å². The van der Waals surface area contributed by atoms with Crippen molar-refractivity contribution in [3.05, 3.63) is 29.6 Å². The van der Waals surface area contributed by atoms with Gasteiger partial charge in [-0.05, 0) is 18.1 Å². The van der Waals surface area contributed by atoms with Crippen LogP contribution in [0.5, 0.6) is 0 Å². The molecule has 2 N–H and O–H groups in total. The highest BCUT2D eigenvalue weighted by atomic mass is 19.1. The maximum Gasteiger partial charge on any atom is 0.253 e. The van der Waals surface area contributed by atoms with Gasteiger partial charge in [-0.15, -0.1) is 0 Å². The van der Waals surface area contributed by atoms with Gasteiger partial charge >= 0.3 is 0 Å². The first-order valence-corrected chi connectivity index (χ1v) is 5.84.